The molecule has 7 heteroatoms. The molecule has 0 aliphatic heterocycles. The zero-order valence-electron chi connectivity index (χ0n) is 14.8. The van der Waals surface area contributed by atoms with E-state index in [1.165, 1.54) is 0 Å². The van der Waals surface area contributed by atoms with Crippen molar-refractivity contribution in [3.8, 4) is 22.6 Å². The molecule has 0 unspecified atom stereocenters. The molecule has 0 aliphatic rings. The quantitative estimate of drug-likeness (QED) is 0.687. The summed E-state index contributed by atoms with van der Waals surface area (Å²) in [5.74, 6) is 1.62. The fourth-order valence-electron chi connectivity index (χ4n) is 2.59. The number of methoxy groups -OCH3 is 2. The van der Waals surface area contributed by atoms with Crippen molar-refractivity contribution in [2.75, 3.05) is 25.3 Å². The van der Waals surface area contributed by atoms with Gasteiger partial charge in [-0.2, -0.15) is 0 Å². The fourth-order valence-corrected chi connectivity index (χ4v) is 2.71. The Kier molecular flexibility index (Phi) is 5.47. The van der Waals surface area contributed by atoms with Crippen LogP contribution in [-0.2, 0) is 0 Å². The number of halogens is 1. The average Bonchev–Trinajstić information content (AvgIpc) is 2.68. The number of nitrogens with two attached hydrogens (primary N) is 1. The first kappa shape index (κ1) is 18.5. The topological polar surface area (TPSA) is 86.5 Å². The Bertz CT molecular complexity index is 975. The van der Waals surface area contributed by atoms with Gasteiger partial charge < -0.3 is 20.5 Å². The predicted molar refractivity (Wildman–Crippen MR) is 107 cm³/mol. The van der Waals surface area contributed by atoms with Gasteiger partial charge in [-0.3, -0.25) is 4.79 Å². The number of anilines is 2. The SMILES string of the molecule is COc1ccc(OC)c(-c2ccc(NC(=O)c3ccc(Cl)cc3)nc2N)c1. The lowest BCUT2D eigenvalue weighted by Gasteiger charge is -2.13. The van der Waals surface area contributed by atoms with Gasteiger partial charge >= 0.3 is 0 Å². The highest BCUT2D eigenvalue weighted by Crippen LogP contribution is 2.36. The Hall–Kier alpha value is -3.25. The lowest BCUT2D eigenvalue weighted by Crippen LogP contribution is -2.13. The monoisotopic (exact) mass is 383 g/mol. The lowest BCUT2D eigenvalue weighted by atomic mass is 10.0. The zero-order valence-corrected chi connectivity index (χ0v) is 15.6. The summed E-state index contributed by atoms with van der Waals surface area (Å²) >= 11 is 5.84. The molecule has 0 aliphatic carbocycles. The molecule has 27 heavy (non-hydrogen) atoms. The lowest BCUT2D eigenvalue weighted by molar-refractivity contribution is 0.102. The minimum Gasteiger partial charge on any atom is -0.497 e. The molecule has 0 saturated carbocycles. The van der Waals surface area contributed by atoms with E-state index in [9.17, 15) is 4.79 Å². The number of nitrogen functional groups attached to an aromatic ring is 1. The van der Waals surface area contributed by atoms with Crippen molar-refractivity contribution in [3.63, 3.8) is 0 Å². The summed E-state index contributed by atoms with van der Waals surface area (Å²) in [6, 6.07) is 15.4. The van der Waals surface area contributed by atoms with Crippen molar-refractivity contribution in [1.29, 1.82) is 0 Å². The van der Waals surface area contributed by atoms with Crippen LogP contribution in [-0.4, -0.2) is 25.1 Å². The molecule has 0 radical (unpaired) electrons. The number of hydrogen-bond acceptors (Lipinski definition) is 5. The number of amides is 1. The van der Waals surface area contributed by atoms with Crippen LogP contribution in [0, 0.1) is 0 Å². The summed E-state index contributed by atoms with van der Waals surface area (Å²) in [4.78, 5) is 16.6. The van der Waals surface area contributed by atoms with Crippen molar-refractivity contribution in [2.24, 2.45) is 0 Å². The smallest absolute Gasteiger partial charge is 0.256 e. The molecule has 0 spiro atoms. The molecule has 2 aromatic carbocycles. The molecular formula is C20H18ClN3O3. The molecule has 0 saturated heterocycles. The summed E-state index contributed by atoms with van der Waals surface area (Å²) in [6.45, 7) is 0. The van der Waals surface area contributed by atoms with Gasteiger partial charge in [-0.05, 0) is 54.6 Å². The number of hydrogen-bond donors (Lipinski definition) is 2. The van der Waals surface area contributed by atoms with Crippen LogP contribution < -0.4 is 20.5 Å². The Labute approximate surface area is 161 Å². The first-order valence-corrected chi connectivity index (χ1v) is 8.45. The van der Waals surface area contributed by atoms with Crippen LogP contribution in [0.5, 0.6) is 11.5 Å². The zero-order chi connectivity index (χ0) is 19.4. The van der Waals surface area contributed by atoms with Gasteiger partial charge in [0.2, 0.25) is 0 Å². The summed E-state index contributed by atoms with van der Waals surface area (Å²) < 4.78 is 10.7. The molecule has 0 bridgehead atoms. The second-order valence-corrected chi connectivity index (χ2v) is 6.09. The first-order valence-electron chi connectivity index (χ1n) is 8.07. The van der Waals surface area contributed by atoms with Crippen molar-refractivity contribution >= 4 is 29.1 Å². The molecule has 138 valence electrons. The molecular weight excluding hydrogens is 366 g/mol. The van der Waals surface area contributed by atoms with Crippen LogP contribution in [0.2, 0.25) is 5.02 Å². The molecule has 3 N–H and O–H groups in total. The molecule has 1 amide bonds. The highest BCUT2D eigenvalue weighted by molar-refractivity contribution is 6.30. The number of nitrogens with one attached hydrogen (secondary N) is 1. The molecule has 3 aromatic rings. The highest BCUT2D eigenvalue weighted by Gasteiger charge is 2.13. The fraction of sp³-hybridized carbons (Fsp3) is 0.100. The van der Waals surface area contributed by atoms with E-state index in [0.717, 1.165) is 5.56 Å². The molecule has 1 aromatic heterocycles. The largest absolute Gasteiger partial charge is 0.497 e. The van der Waals surface area contributed by atoms with Crippen LogP contribution in [0.3, 0.4) is 0 Å². The molecule has 3 rings (SSSR count). The van der Waals surface area contributed by atoms with Crippen molar-refractivity contribution in [3.05, 3.63) is 65.2 Å². The van der Waals surface area contributed by atoms with Crippen LogP contribution >= 0.6 is 11.6 Å². The number of ether oxygens (including phenoxy) is 2. The van der Waals surface area contributed by atoms with Gasteiger partial charge in [0.25, 0.3) is 5.91 Å². The van der Waals surface area contributed by atoms with Gasteiger partial charge in [-0.25, -0.2) is 4.98 Å². The minimum absolute atomic E-state index is 0.260. The maximum atomic E-state index is 12.3. The molecule has 6 nitrogen and oxygen atoms in total. The molecule has 0 fully saturated rings. The Morgan fingerprint density at radius 2 is 1.74 bits per heavy atom. The maximum absolute atomic E-state index is 12.3. The Morgan fingerprint density at radius 1 is 1.00 bits per heavy atom. The Morgan fingerprint density at radius 3 is 2.37 bits per heavy atom. The van der Waals surface area contributed by atoms with Gasteiger partial charge in [0.05, 0.1) is 14.2 Å². The summed E-state index contributed by atoms with van der Waals surface area (Å²) in [5, 5.41) is 3.28. The second-order valence-electron chi connectivity index (χ2n) is 5.66. The van der Waals surface area contributed by atoms with Crippen LogP contribution in [0.15, 0.2) is 54.6 Å². The van der Waals surface area contributed by atoms with Gasteiger partial charge in [-0.1, -0.05) is 11.6 Å². The van der Waals surface area contributed by atoms with Crippen molar-refractivity contribution < 1.29 is 14.3 Å². The predicted octanol–water partition coefficient (Wildman–Crippen LogP) is 4.25. The van der Waals surface area contributed by atoms with E-state index in [1.54, 1.807) is 62.8 Å². The summed E-state index contributed by atoms with van der Waals surface area (Å²) in [5.41, 5.74) is 8.02. The minimum atomic E-state index is -0.301. The van der Waals surface area contributed by atoms with Crippen LogP contribution in [0.4, 0.5) is 11.6 Å². The number of carbonyl (C=O) groups is 1. The van der Waals surface area contributed by atoms with E-state index in [-0.39, 0.29) is 11.7 Å². The van der Waals surface area contributed by atoms with Crippen LogP contribution in [0.1, 0.15) is 10.4 Å². The Balaban J connectivity index is 1.88. The number of pyridine rings is 1. The third kappa shape index (κ3) is 4.12. The number of aromatic nitrogens is 1. The third-order valence-corrected chi connectivity index (χ3v) is 4.22. The van der Waals surface area contributed by atoms with Gasteiger partial charge in [0.15, 0.2) is 0 Å². The highest BCUT2D eigenvalue weighted by atomic mass is 35.5. The van der Waals surface area contributed by atoms with E-state index in [0.29, 0.717) is 33.5 Å². The normalized spacial score (nSPS) is 10.3. The standard InChI is InChI=1S/C20H18ClN3O3/c1-26-14-7-9-17(27-2)16(11-14)15-8-10-18(23-19(15)22)24-20(25)12-3-5-13(21)6-4-12/h3-11H,1-2H3,(H3,22,23,24,25). The van der Waals surface area contributed by atoms with Gasteiger partial charge in [-0.15, -0.1) is 0 Å². The number of rotatable bonds is 5. The van der Waals surface area contributed by atoms with E-state index in [1.807, 2.05) is 6.07 Å². The number of carbonyl (C=O) groups excluding carboxylic acids is 1. The van der Waals surface area contributed by atoms with Gasteiger partial charge in [0, 0.05) is 21.7 Å². The second kappa shape index (κ2) is 7.97. The van der Waals surface area contributed by atoms with E-state index < -0.39 is 0 Å². The molecule has 0 atom stereocenters. The van der Waals surface area contributed by atoms with E-state index in [2.05, 4.69) is 10.3 Å². The van der Waals surface area contributed by atoms with Crippen molar-refractivity contribution in [1.82, 2.24) is 4.98 Å². The first-order chi connectivity index (χ1) is 13.0. The number of benzene rings is 2. The van der Waals surface area contributed by atoms with Gasteiger partial charge in [0.1, 0.15) is 23.1 Å². The van der Waals surface area contributed by atoms with Crippen molar-refractivity contribution in [2.45, 2.75) is 0 Å². The third-order valence-electron chi connectivity index (χ3n) is 3.97. The maximum Gasteiger partial charge on any atom is 0.256 e. The average molecular weight is 384 g/mol. The van der Waals surface area contributed by atoms with E-state index >= 15 is 0 Å². The summed E-state index contributed by atoms with van der Waals surface area (Å²) in [7, 11) is 3.16. The van der Waals surface area contributed by atoms with E-state index in [4.69, 9.17) is 26.8 Å². The summed E-state index contributed by atoms with van der Waals surface area (Å²) in [6.07, 6.45) is 0. The number of nitrogens with zero attached hydrogens (tertiary/aromatic N) is 1. The van der Waals surface area contributed by atoms with Crippen LogP contribution in [0.25, 0.3) is 11.1 Å². The molecule has 1 heterocycles.